The van der Waals surface area contributed by atoms with E-state index in [2.05, 4.69) is 4.98 Å². The van der Waals surface area contributed by atoms with Crippen molar-refractivity contribution >= 4 is 11.8 Å². The third-order valence-corrected chi connectivity index (χ3v) is 4.91. The number of nitrogens with zero attached hydrogens (tertiary/aromatic N) is 3. The Labute approximate surface area is 142 Å². The van der Waals surface area contributed by atoms with E-state index in [1.165, 1.54) is 0 Å². The van der Waals surface area contributed by atoms with Gasteiger partial charge in [-0.15, -0.1) is 0 Å². The van der Waals surface area contributed by atoms with Gasteiger partial charge in [-0.05, 0) is 39.3 Å². The van der Waals surface area contributed by atoms with Crippen molar-refractivity contribution in [3.63, 3.8) is 0 Å². The molecule has 24 heavy (non-hydrogen) atoms. The molecule has 0 aliphatic carbocycles. The molecule has 0 unspecified atom stereocenters. The summed E-state index contributed by atoms with van der Waals surface area (Å²) in [6.45, 7) is 8.01. The second kappa shape index (κ2) is 6.89. The maximum Gasteiger partial charge on any atom is 0.255 e. The molecule has 2 saturated heterocycles. The average Bonchev–Trinajstić information content (AvgIpc) is 2.74. The summed E-state index contributed by atoms with van der Waals surface area (Å²) < 4.78 is 5.81. The zero-order valence-corrected chi connectivity index (χ0v) is 14.6. The van der Waals surface area contributed by atoms with Crippen LogP contribution in [0.25, 0.3) is 0 Å². The Morgan fingerprint density at radius 2 is 2.12 bits per heavy atom. The Morgan fingerprint density at radius 1 is 1.33 bits per heavy atom. The van der Waals surface area contributed by atoms with Crippen LogP contribution in [0, 0.1) is 12.8 Å². The average molecular weight is 331 g/mol. The number of likely N-dealkylation sites (tertiary alicyclic amines) is 1. The predicted molar refractivity (Wildman–Crippen MR) is 89.6 cm³/mol. The van der Waals surface area contributed by atoms with E-state index >= 15 is 0 Å². The molecule has 2 fully saturated rings. The van der Waals surface area contributed by atoms with Gasteiger partial charge in [-0.25, -0.2) is 0 Å². The number of amides is 2. The molecule has 6 heteroatoms. The minimum atomic E-state index is 0.00706. The zero-order valence-electron chi connectivity index (χ0n) is 14.6. The molecule has 2 aliphatic heterocycles. The first-order valence-electron chi connectivity index (χ1n) is 8.58. The molecule has 0 N–H and O–H groups in total. The number of carbonyl (C=O) groups is 2. The van der Waals surface area contributed by atoms with Gasteiger partial charge >= 0.3 is 0 Å². The Morgan fingerprint density at radius 3 is 2.79 bits per heavy atom. The van der Waals surface area contributed by atoms with E-state index in [4.69, 9.17) is 4.74 Å². The molecule has 0 saturated carbocycles. The first-order valence-corrected chi connectivity index (χ1v) is 8.58. The number of aromatic nitrogens is 1. The molecule has 3 rings (SSSR count). The minimum absolute atomic E-state index is 0.00706. The number of aryl methyl sites for hydroxylation is 1. The molecule has 0 bridgehead atoms. The normalized spacial score (nSPS) is 24.8. The summed E-state index contributed by atoms with van der Waals surface area (Å²) in [5.74, 6) is 0.211. The summed E-state index contributed by atoms with van der Waals surface area (Å²) in [6, 6.07) is 3.82. The highest BCUT2D eigenvalue weighted by atomic mass is 16.5. The number of hydrogen-bond acceptors (Lipinski definition) is 4. The highest BCUT2D eigenvalue weighted by molar-refractivity contribution is 5.94. The molecule has 2 aliphatic rings. The van der Waals surface area contributed by atoms with Crippen LogP contribution < -0.4 is 0 Å². The minimum Gasteiger partial charge on any atom is -0.368 e. The summed E-state index contributed by atoms with van der Waals surface area (Å²) in [6.07, 6.45) is 2.46. The maximum atomic E-state index is 12.7. The Hall–Kier alpha value is -1.95. The molecule has 0 radical (unpaired) electrons. The second-order valence-corrected chi connectivity index (χ2v) is 6.98. The van der Waals surface area contributed by atoms with Crippen LogP contribution in [0.15, 0.2) is 18.3 Å². The fourth-order valence-corrected chi connectivity index (χ4v) is 3.48. The number of fused-ring (bicyclic) bond motifs is 1. The molecular weight excluding hydrogens is 306 g/mol. The van der Waals surface area contributed by atoms with Crippen LogP contribution in [-0.2, 0) is 9.53 Å². The van der Waals surface area contributed by atoms with Crippen molar-refractivity contribution in [3.8, 4) is 0 Å². The van der Waals surface area contributed by atoms with Gasteiger partial charge in [0.1, 0.15) is 6.61 Å². The Kier molecular flexibility index (Phi) is 4.85. The summed E-state index contributed by atoms with van der Waals surface area (Å²) in [4.78, 5) is 32.8. The van der Waals surface area contributed by atoms with Gasteiger partial charge in [-0.3, -0.25) is 14.6 Å². The van der Waals surface area contributed by atoms with Crippen molar-refractivity contribution < 1.29 is 14.3 Å². The summed E-state index contributed by atoms with van der Waals surface area (Å²) >= 11 is 0. The van der Waals surface area contributed by atoms with Crippen LogP contribution in [0.3, 0.4) is 0 Å². The molecule has 0 aromatic carbocycles. The van der Waals surface area contributed by atoms with Gasteiger partial charge in [-0.1, -0.05) is 0 Å². The van der Waals surface area contributed by atoms with E-state index < -0.39 is 0 Å². The van der Waals surface area contributed by atoms with E-state index in [1.54, 1.807) is 6.20 Å². The SMILES string of the molecule is Cc1ccc(C(=O)N2CC[C@@H]3OCC(=O)N(C(C)C)C[C@H]3C2)cn1. The van der Waals surface area contributed by atoms with Crippen molar-refractivity contribution in [3.05, 3.63) is 29.6 Å². The zero-order chi connectivity index (χ0) is 17.3. The summed E-state index contributed by atoms with van der Waals surface area (Å²) in [5, 5.41) is 0. The Balaban J connectivity index is 1.72. The van der Waals surface area contributed by atoms with Gasteiger partial charge in [0.05, 0.1) is 11.7 Å². The number of rotatable bonds is 2. The van der Waals surface area contributed by atoms with Crippen LogP contribution in [0.1, 0.15) is 36.3 Å². The van der Waals surface area contributed by atoms with Crippen LogP contribution in [0.5, 0.6) is 0 Å². The van der Waals surface area contributed by atoms with Crippen molar-refractivity contribution in [1.29, 1.82) is 0 Å². The van der Waals surface area contributed by atoms with Gasteiger partial charge in [0.25, 0.3) is 5.91 Å². The van der Waals surface area contributed by atoms with Crippen LogP contribution in [0.4, 0.5) is 0 Å². The lowest BCUT2D eigenvalue weighted by Gasteiger charge is -2.38. The fraction of sp³-hybridized carbons (Fsp3) is 0.611. The van der Waals surface area contributed by atoms with Crippen molar-refractivity contribution in [1.82, 2.24) is 14.8 Å². The molecule has 1 aromatic rings. The third kappa shape index (κ3) is 3.43. The van der Waals surface area contributed by atoms with E-state index in [0.29, 0.717) is 25.2 Å². The number of piperidine rings is 1. The summed E-state index contributed by atoms with van der Waals surface area (Å²) in [7, 11) is 0. The second-order valence-electron chi connectivity index (χ2n) is 6.98. The largest absolute Gasteiger partial charge is 0.368 e. The number of ether oxygens (including phenoxy) is 1. The van der Waals surface area contributed by atoms with Crippen molar-refractivity contribution in [2.75, 3.05) is 26.2 Å². The quantitative estimate of drug-likeness (QED) is 0.824. The first kappa shape index (κ1) is 16.9. The molecule has 6 nitrogen and oxygen atoms in total. The highest BCUT2D eigenvalue weighted by Gasteiger charge is 2.37. The molecule has 1 aromatic heterocycles. The lowest BCUT2D eigenvalue weighted by molar-refractivity contribution is -0.136. The number of hydrogen-bond donors (Lipinski definition) is 0. The van der Waals surface area contributed by atoms with E-state index in [-0.39, 0.29) is 36.5 Å². The maximum absolute atomic E-state index is 12.7. The topological polar surface area (TPSA) is 62.7 Å². The van der Waals surface area contributed by atoms with E-state index in [9.17, 15) is 9.59 Å². The molecule has 0 spiro atoms. The fourth-order valence-electron chi connectivity index (χ4n) is 3.48. The number of carbonyl (C=O) groups excluding carboxylic acids is 2. The predicted octanol–water partition coefficient (Wildman–Crippen LogP) is 1.49. The highest BCUT2D eigenvalue weighted by Crippen LogP contribution is 2.26. The lowest BCUT2D eigenvalue weighted by Crippen LogP contribution is -2.50. The Bertz CT molecular complexity index is 614. The van der Waals surface area contributed by atoms with Gasteiger partial charge in [0, 0.05) is 43.5 Å². The standard InChI is InChI=1S/C18H25N3O3/c1-12(2)21-10-15-9-20(7-6-16(15)24-11-17(21)22)18(23)14-5-4-13(3)19-8-14/h4-5,8,12,15-16H,6-7,9-11H2,1-3H3/t15-,16+/m1/s1. The van der Waals surface area contributed by atoms with Crippen molar-refractivity contribution in [2.24, 2.45) is 5.92 Å². The van der Waals surface area contributed by atoms with Crippen molar-refractivity contribution in [2.45, 2.75) is 39.3 Å². The van der Waals surface area contributed by atoms with Crippen LogP contribution in [0.2, 0.25) is 0 Å². The van der Waals surface area contributed by atoms with E-state index in [1.807, 2.05) is 42.7 Å². The van der Waals surface area contributed by atoms with Gasteiger partial charge < -0.3 is 14.5 Å². The van der Waals surface area contributed by atoms with Gasteiger partial charge in [0.2, 0.25) is 5.91 Å². The van der Waals surface area contributed by atoms with Crippen LogP contribution in [-0.4, -0.2) is 65.0 Å². The summed E-state index contributed by atoms with van der Waals surface area (Å²) in [5.41, 5.74) is 1.51. The smallest absolute Gasteiger partial charge is 0.255 e. The molecular formula is C18H25N3O3. The molecule has 3 heterocycles. The molecule has 130 valence electrons. The van der Waals surface area contributed by atoms with Gasteiger partial charge in [-0.2, -0.15) is 0 Å². The number of pyridine rings is 1. The van der Waals surface area contributed by atoms with Gasteiger partial charge in [0.15, 0.2) is 0 Å². The molecule has 2 amide bonds. The molecule has 2 atom stereocenters. The first-order chi connectivity index (χ1) is 11.5. The third-order valence-electron chi connectivity index (χ3n) is 4.91. The monoisotopic (exact) mass is 331 g/mol. The lowest BCUT2D eigenvalue weighted by atomic mass is 9.93. The van der Waals surface area contributed by atoms with Crippen LogP contribution >= 0.6 is 0 Å². The van der Waals surface area contributed by atoms with E-state index in [0.717, 1.165) is 12.1 Å².